The van der Waals surface area contributed by atoms with Gasteiger partial charge in [-0.15, -0.1) is 0 Å². The molecule has 2 unspecified atom stereocenters. The number of benzene rings is 1. The van der Waals surface area contributed by atoms with Gasteiger partial charge in [-0.05, 0) is 50.6 Å². The topological polar surface area (TPSA) is 72.0 Å². The predicted molar refractivity (Wildman–Crippen MR) is 127 cm³/mol. The fraction of sp³-hybridized carbons (Fsp3) is 0.455. The van der Waals surface area contributed by atoms with Gasteiger partial charge in [0.2, 0.25) is 0 Å². The maximum absolute atomic E-state index is 13.5. The fourth-order valence-electron chi connectivity index (χ4n) is 3.47. The lowest BCUT2D eigenvalue weighted by Crippen LogP contribution is -2.58. The molecule has 1 aliphatic rings. The van der Waals surface area contributed by atoms with Gasteiger partial charge in [0.15, 0.2) is 0 Å². The standard InChI is InChI=1S/C22H27Cl2N3O4S/c1-22(2,3)31-21(28)27-12-15(13-27)32(29)26(4)20(14-8-10-25-11-9-14)18-17(30-5)7-6-16(23)19(18)24/h6-11,15,20H,12-13H2,1-5H3. The third kappa shape index (κ3) is 5.36. The van der Waals surface area contributed by atoms with Crippen molar-refractivity contribution in [3.8, 4) is 5.75 Å². The van der Waals surface area contributed by atoms with E-state index in [2.05, 4.69) is 4.98 Å². The van der Waals surface area contributed by atoms with Gasteiger partial charge in [-0.25, -0.2) is 13.3 Å². The smallest absolute Gasteiger partial charge is 0.410 e. The predicted octanol–water partition coefficient (Wildman–Crippen LogP) is 4.70. The maximum Gasteiger partial charge on any atom is 0.410 e. The Kier molecular flexibility index (Phi) is 7.70. The van der Waals surface area contributed by atoms with Crippen molar-refractivity contribution < 1.29 is 18.5 Å². The summed E-state index contributed by atoms with van der Waals surface area (Å²) in [6, 6.07) is 6.57. The third-order valence-electron chi connectivity index (χ3n) is 5.04. The van der Waals surface area contributed by atoms with Gasteiger partial charge in [0.25, 0.3) is 0 Å². The molecular weight excluding hydrogens is 473 g/mol. The summed E-state index contributed by atoms with van der Waals surface area (Å²) < 4.78 is 26.2. The molecule has 174 valence electrons. The number of ether oxygens (including phenoxy) is 2. The molecule has 10 heteroatoms. The molecule has 0 saturated carbocycles. The summed E-state index contributed by atoms with van der Waals surface area (Å²) in [4.78, 5) is 17.9. The molecule has 1 aliphatic heterocycles. The van der Waals surface area contributed by atoms with Gasteiger partial charge < -0.3 is 14.4 Å². The zero-order valence-corrected chi connectivity index (χ0v) is 21.0. The summed E-state index contributed by atoms with van der Waals surface area (Å²) in [5, 5.41) is 0.474. The van der Waals surface area contributed by atoms with Gasteiger partial charge in [0, 0.05) is 38.1 Å². The highest BCUT2D eigenvalue weighted by molar-refractivity contribution is 7.83. The highest BCUT2D eigenvalue weighted by Crippen LogP contribution is 2.43. The first-order chi connectivity index (χ1) is 15.0. The van der Waals surface area contributed by atoms with Gasteiger partial charge in [0.05, 0.1) is 28.4 Å². The van der Waals surface area contributed by atoms with E-state index in [1.54, 1.807) is 47.9 Å². The molecule has 0 bridgehead atoms. The summed E-state index contributed by atoms with van der Waals surface area (Å²) in [6.07, 6.45) is 2.92. The molecule has 3 rings (SSSR count). The van der Waals surface area contributed by atoms with Crippen LogP contribution in [0.4, 0.5) is 4.79 Å². The van der Waals surface area contributed by atoms with E-state index < -0.39 is 28.7 Å². The van der Waals surface area contributed by atoms with Crippen LogP contribution in [0.1, 0.15) is 37.9 Å². The summed E-state index contributed by atoms with van der Waals surface area (Å²) in [5.74, 6) is 0.536. The Morgan fingerprint density at radius 3 is 2.41 bits per heavy atom. The van der Waals surface area contributed by atoms with Gasteiger partial charge in [-0.1, -0.05) is 23.2 Å². The van der Waals surface area contributed by atoms with Crippen molar-refractivity contribution in [3.05, 3.63) is 57.8 Å². The largest absolute Gasteiger partial charge is 0.496 e. The summed E-state index contributed by atoms with van der Waals surface area (Å²) in [6.45, 7) is 6.13. The fourth-order valence-corrected chi connectivity index (χ4v) is 5.41. The first kappa shape index (κ1) is 24.8. The molecule has 1 saturated heterocycles. The highest BCUT2D eigenvalue weighted by atomic mass is 35.5. The molecule has 0 N–H and O–H groups in total. The second-order valence-corrected chi connectivity index (χ2v) is 11.1. The van der Waals surface area contributed by atoms with Crippen LogP contribution in [0.2, 0.25) is 10.0 Å². The lowest BCUT2D eigenvalue weighted by Gasteiger charge is -2.41. The van der Waals surface area contributed by atoms with Crippen LogP contribution in [0.5, 0.6) is 5.75 Å². The lowest BCUT2D eigenvalue weighted by atomic mass is 9.98. The number of hydrogen-bond acceptors (Lipinski definition) is 5. The van der Waals surface area contributed by atoms with Crippen LogP contribution in [0, 0.1) is 0 Å². The molecule has 2 aromatic rings. The Balaban J connectivity index is 1.87. The zero-order chi connectivity index (χ0) is 23.6. The number of nitrogens with zero attached hydrogens (tertiary/aromatic N) is 3. The number of likely N-dealkylation sites (tertiary alicyclic amines) is 1. The van der Waals surface area contributed by atoms with Crippen LogP contribution in [0.3, 0.4) is 0 Å². The van der Waals surface area contributed by atoms with E-state index in [1.165, 1.54) is 0 Å². The maximum atomic E-state index is 13.5. The summed E-state index contributed by atoms with van der Waals surface area (Å²) in [7, 11) is 1.87. The molecule has 32 heavy (non-hydrogen) atoms. The molecule has 1 amide bonds. The Morgan fingerprint density at radius 2 is 1.84 bits per heavy atom. The number of carbonyl (C=O) groups excluding carboxylic acids is 1. The molecule has 2 heterocycles. The molecular formula is C22H27Cl2N3O4S. The van der Waals surface area contributed by atoms with Gasteiger partial charge in [0.1, 0.15) is 22.3 Å². The van der Waals surface area contributed by atoms with Crippen molar-refractivity contribution in [3.63, 3.8) is 0 Å². The summed E-state index contributed by atoms with van der Waals surface area (Å²) in [5.41, 5.74) is 0.874. The van der Waals surface area contributed by atoms with Crippen molar-refractivity contribution in [2.45, 2.75) is 37.7 Å². The number of aromatic nitrogens is 1. The van der Waals surface area contributed by atoms with Gasteiger partial charge >= 0.3 is 6.09 Å². The molecule has 2 atom stereocenters. The number of amides is 1. The van der Waals surface area contributed by atoms with Crippen molar-refractivity contribution in [1.29, 1.82) is 0 Å². The Bertz CT molecular complexity index is 995. The van der Waals surface area contributed by atoms with E-state index in [4.69, 9.17) is 32.7 Å². The van der Waals surface area contributed by atoms with Crippen molar-refractivity contribution >= 4 is 40.3 Å². The molecule has 0 spiro atoms. The molecule has 7 nitrogen and oxygen atoms in total. The minimum atomic E-state index is -1.43. The Labute approximate surface area is 201 Å². The second kappa shape index (κ2) is 9.95. The second-order valence-electron chi connectivity index (χ2n) is 8.49. The van der Waals surface area contributed by atoms with Crippen LogP contribution >= 0.6 is 23.2 Å². The average Bonchev–Trinajstić information content (AvgIpc) is 2.69. The van der Waals surface area contributed by atoms with Crippen molar-refractivity contribution in [1.82, 2.24) is 14.2 Å². The van der Waals surface area contributed by atoms with Gasteiger partial charge in [-0.3, -0.25) is 4.98 Å². The number of pyridine rings is 1. The molecule has 1 fully saturated rings. The highest BCUT2D eigenvalue weighted by Gasteiger charge is 2.41. The molecule has 0 aliphatic carbocycles. The minimum absolute atomic E-state index is 0.235. The van der Waals surface area contributed by atoms with E-state index in [9.17, 15) is 9.00 Å². The minimum Gasteiger partial charge on any atom is -0.496 e. The number of methoxy groups -OCH3 is 1. The lowest BCUT2D eigenvalue weighted by molar-refractivity contribution is 0.0139. The Morgan fingerprint density at radius 1 is 1.22 bits per heavy atom. The van der Waals surface area contributed by atoms with Crippen LogP contribution in [-0.2, 0) is 15.7 Å². The number of carbonyl (C=O) groups is 1. The number of rotatable bonds is 6. The van der Waals surface area contributed by atoms with Crippen LogP contribution < -0.4 is 4.74 Å². The van der Waals surface area contributed by atoms with Crippen LogP contribution in [0.25, 0.3) is 0 Å². The van der Waals surface area contributed by atoms with Crippen molar-refractivity contribution in [2.24, 2.45) is 0 Å². The van der Waals surface area contributed by atoms with E-state index in [1.807, 2.05) is 32.9 Å². The van der Waals surface area contributed by atoms with Crippen molar-refractivity contribution in [2.75, 3.05) is 27.2 Å². The number of halogens is 2. The SMILES string of the molecule is COc1ccc(Cl)c(Cl)c1C(c1ccncc1)N(C)S(=O)C1CN(C(=O)OC(C)(C)C)C1. The number of hydrogen-bond donors (Lipinski definition) is 0. The van der Waals surface area contributed by atoms with E-state index in [-0.39, 0.29) is 5.25 Å². The van der Waals surface area contributed by atoms with Crippen LogP contribution in [0.15, 0.2) is 36.7 Å². The monoisotopic (exact) mass is 499 g/mol. The van der Waals surface area contributed by atoms with E-state index in [0.717, 1.165) is 5.56 Å². The molecule has 1 aromatic heterocycles. The zero-order valence-electron chi connectivity index (χ0n) is 18.7. The first-order valence-electron chi connectivity index (χ1n) is 10.1. The molecule has 1 aromatic carbocycles. The quantitative estimate of drug-likeness (QED) is 0.575. The summed E-state index contributed by atoms with van der Waals surface area (Å²) >= 11 is 12.9. The van der Waals surface area contributed by atoms with E-state index in [0.29, 0.717) is 34.4 Å². The normalized spacial score (nSPS) is 16.4. The Hall–Kier alpha value is -1.87. The van der Waals surface area contributed by atoms with E-state index >= 15 is 0 Å². The van der Waals surface area contributed by atoms with Crippen LogP contribution in [-0.4, -0.2) is 62.6 Å². The first-order valence-corrected chi connectivity index (χ1v) is 12.0. The average molecular weight is 500 g/mol. The van der Waals surface area contributed by atoms with Gasteiger partial charge in [-0.2, -0.15) is 0 Å². The molecule has 0 radical (unpaired) electrons. The third-order valence-corrected chi connectivity index (χ3v) is 7.51.